The molecule has 0 saturated carbocycles. The number of pyridine rings is 2. The first-order valence-electron chi connectivity index (χ1n) is 8.54. The maximum Gasteiger partial charge on any atom is 0.417 e. The number of nitrogens with zero attached hydrogens (tertiary/aromatic N) is 3. The molecule has 0 aliphatic carbocycles. The third kappa shape index (κ3) is 3.54. The Hall–Kier alpha value is -3.75. The Morgan fingerprint density at radius 3 is 2.34 bits per heavy atom. The van der Waals surface area contributed by atoms with Crippen molar-refractivity contribution in [3.05, 3.63) is 92.9 Å². The molecule has 4 rings (SSSR count). The van der Waals surface area contributed by atoms with E-state index >= 15 is 0 Å². The van der Waals surface area contributed by atoms with Gasteiger partial charge in [0, 0.05) is 18.0 Å². The number of aromatic amines is 1. The average molecular weight is 398 g/mol. The molecule has 0 saturated heterocycles. The standard InChI is InChI=1S/C20H13F3N4O2/c21-20(22,23)14-10-15(13-6-8-24-9-7-13)25-17-16(14)18(28)26-19(29)27(17)11-12-4-2-1-3-5-12/h1-10H,11H2,(H,26,28,29). The van der Waals surface area contributed by atoms with Crippen LogP contribution in [0.2, 0.25) is 0 Å². The normalized spacial score (nSPS) is 11.7. The Labute approximate surface area is 161 Å². The maximum absolute atomic E-state index is 13.8. The van der Waals surface area contributed by atoms with Gasteiger partial charge in [-0.15, -0.1) is 0 Å². The number of hydrogen-bond acceptors (Lipinski definition) is 4. The lowest BCUT2D eigenvalue weighted by Crippen LogP contribution is -2.32. The molecule has 3 heterocycles. The van der Waals surface area contributed by atoms with E-state index in [1.165, 1.54) is 24.5 Å². The first kappa shape index (κ1) is 18.6. The van der Waals surface area contributed by atoms with Crippen LogP contribution in [-0.4, -0.2) is 19.5 Å². The van der Waals surface area contributed by atoms with Crippen molar-refractivity contribution in [2.24, 2.45) is 0 Å². The van der Waals surface area contributed by atoms with E-state index in [1.54, 1.807) is 30.3 Å². The van der Waals surface area contributed by atoms with Gasteiger partial charge in [0.25, 0.3) is 5.56 Å². The smallest absolute Gasteiger partial charge is 0.273 e. The molecular formula is C20H13F3N4O2. The molecule has 6 nitrogen and oxygen atoms in total. The Balaban J connectivity index is 2.08. The van der Waals surface area contributed by atoms with Crippen LogP contribution in [0.15, 0.2) is 70.5 Å². The predicted octanol–water partition coefficient (Wildman–Crippen LogP) is 3.21. The van der Waals surface area contributed by atoms with E-state index in [2.05, 4.69) is 9.97 Å². The average Bonchev–Trinajstić information content (AvgIpc) is 2.71. The van der Waals surface area contributed by atoms with Crippen molar-refractivity contribution >= 4 is 11.0 Å². The lowest BCUT2D eigenvalue weighted by atomic mass is 10.1. The molecule has 0 radical (unpaired) electrons. The summed E-state index contributed by atoms with van der Waals surface area (Å²) in [5.74, 6) is 0. The van der Waals surface area contributed by atoms with E-state index in [1.807, 2.05) is 4.98 Å². The van der Waals surface area contributed by atoms with Crippen LogP contribution in [0.4, 0.5) is 13.2 Å². The van der Waals surface area contributed by atoms with Gasteiger partial charge in [-0.3, -0.25) is 19.3 Å². The monoisotopic (exact) mass is 398 g/mol. The summed E-state index contributed by atoms with van der Waals surface area (Å²) in [6, 6.07) is 12.5. The van der Waals surface area contributed by atoms with Gasteiger partial charge in [-0.1, -0.05) is 30.3 Å². The van der Waals surface area contributed by atoms with E-state index in [9.17, 15) is 22.8 Å². The van der Waals surface area contributed by atoms with Gasteiger partial charge in [-0.25, -0.2) is 9.78 Å². The molecule has 146 valence electrons. The van der Waals surface area contributed by atoms with Gasteiger partial charge in [0.15, 0.2) is 5.65 Å². The van der Waals surface area contributed by atoms with Crippen molar-refractivity contribution in [3.63, 3.8) is 0 Å². The van der Waals surface area contributed by atoms with Crippen LogP contribution >= 0.6 is 0 Å². The minimum absolute atomic E-state index is 0.0148. The summed E-state index contributed by atoms with van der Waals surface area (Å²) in [6.45, 7) is -0.0446. The second-order valence-electron chi connectivity index (χ2n) is 6.32. The van der Waals surface area contributed by atoms with Crippen LogP contribution in [0.3, 0.4) is 0 Å². The van der Waals surface area contributed by atoms with E-state index in [-0.39, 0.29) is 17.9 Å². The fourth-order valence-electron chi connectivity index (χ4n) is 3.08. The van der Waals surface area contributed by atoms with E-state index in [4.69, 9.17) is 0 Å². The summed E-state index contributed by atoms with van der Waals surface area (Å²) in [7, 11) is 0. The highest BCUT2D eigenvalue weighted by molar-refractivity contribution is 5.82. The maximum atomic E-state index is 13.8. The molecule has 29 heavy (non-hydrogen) atoms. The number of H-pyrrole nitrogens is 1. The lowest BCUT2D eigenvalue weighted by molar-refractivity contribution is -0.136. The van der Waals surface area contributed by atoms with Crippen molar-refractivity contribution in [1.82, 2.24) is 19.5 Å². The molecule has 3 aromatic heterocycles. The van der Waals surface area contributed by atoms with Crippen LogP contribution in [-0.2, 0) is 12.7 Å². The first-order valence-corrected chi connectivity index (χ1v) is 8.54. The second kappa shape index (κ2) is 7.01. The van der Waals surface area contributed by atoms with E-state index in [0.717, 1.165) is 10.6 Å². The zero-order valence-electron chi connectivity index (χ0n) is 14.8. The van der Waals surface area contributed by atoms with Crippen molar-refractivity contribution in [3.8, 4) is 11.3 Å². The van der Waals surface area contributed by atoms with Crippen LogP contribution in [0.5, 0.6) is 0 Å². The molecule has 0 unspecified atom stereocenters. The molecule has 0 bridgehead atoms. The van der Waals surface area contributed by atoms with Gasteiger partial charge >= 0.3 is 11.9 Å². The van der Waals surface area contributed by atoms with Crippen LogP contribution in [0.25, 0.3) is 22.3 Å². The Morgan fingerprint density at radius 1 is 1.00 bits per heavy atom. The Morgan fingerprint density at radius 2 is 1.69 bits per heavy atom. The third-order valence-corrected chi connectivity index (χ3v) is 4.41. The van der Waals surface area contributed by atoms with Gasteiger partial charge in [0.05, 0.1) is 23.2 Å². The van der Waals surface area contributed by atoms with E-state index < -0.39 is 28.4 Å². The largest absolute Gasteiger partial charge is 0.417 e. The summed E-state index contributed by atoms with van der Waals surface area (Å²) < 4.78 is 42.4. The number of rotatable bonds is 3. The molecular weight excluding hydrogens is 385 g/mol. The number of hydrogen-bond donors (Lipinski definition) is 1. The Kier molecular flexibility index (Phi) is 4.50. The number of halogens is 3. The lowest BCUT2D eigenvalue weighted by Gasteiger charge is -2.15. The SMILES string of the molecule is O=c1[nH]c(=O)n(Cc2ccccc2)c2nc(-c3ccncc3)cc(C(F)(F)F)c12. The summed E-state index contributed by atoms with van der Waals surface area (Å²) >= 11 is 0. The molecule has 9 heteroatoms. The van der Waals surface area contributed by atoms with Crippen LogP contribution in [0, 0.1) is 0 Å². The summed E-state index contributed by atoms with van der Waals surface area (Å²) in [4.78, 5) is 34.8. The molecule has 0 fully saturated rings. The summed E-state index contributed by atoms with van der Waals surface area (Å²) in [6.07, 6.45) is -1.97. The van der Waals surface area contributed by atoms with Gasteiger partial charge in [-0.2, -0.15) is 13.2 Å². The molecule has 0 atom stereocenters. The Bertz CT molecular complexity index is 1300. The molecule has 0 spiro atoms. The number of aromatic nitrogens is 4. The van der Waals surface area contributed by atoms with E-state index in [0.29, 0.717) is 11.1 Å². The summed E-state index contributed by atoms with van der Waals surface area (Å²) in [5.41, 5.74) is -2.41. The van der Waals surface area contributed by atoms with Crippen molar-refractivity contribution < 1.29 is 13.2 Å². The fourth-order valence-corrected chi connectivity index (χ4v) is 3.08. The molecule has 0 aliphatic rings. The van der Waals surface area contributed by atoms with Crippen LogP contribution < -0.4 is 11.2 Å². The second-order valence-corrected chi connectivity index (χ2v) is 6.32. The van der Waals surface area contributed by atoms with Crippen LogP contribution in [0.1, 0.15) is 11.1 Å². The van der Waals surface area contributed by atoms with Gasteiger partial charge < -0.3 is 0 Å². The number of alkyl halides is 3. The topological polar surface area (TPSA) is 80.6 Å². The van der Waals surface area contributed by atoms with Crippen molar-refractivity contribution in [2.75, 3.05) is 0 Å². The quantitative estimate of drug-likeness (QED) is 0.575. The van der Waals surface area contributed by atoms with Gasteiger partial charge in [0.1, 0.15) is 0 Å². The highest BCUT2D eigenvalue weighted by atomic mass is 19.4. The zero-order valence-corrected chi connectivity index (χ0v) is 14.8. The van der Waals surface area contributed by atoms with Crippen molar-refractivity contribution in [1.29, 1.82) is 0 Å². The molecule has 1 aromatic carbocycles. The van der Waals surface area contributed by atoms with Gasteiger partial charge in [-0.05, 0) is 23.8 Å². The molecule has 0 aliphatic heterocycles. The van der Waals surface area contributed by atoms with Gasteiger partial charge in [0.2, 0.25) is 0 Å². The fraction of sp³-hybridized carbons (Fsp3) is 0.100. The number of benzene rings is 1. The molecule has 0 amide bonds. The predicted molar refractivity (Wildman–Crippen MR) is 100 cm³/mol. The molecule has 1 N–H and O–H groups in total. The third-order valence-electron chi connectivity index (χ3n) is 4.41. The minimum atomic E-state index is -4.81. The number of fused-ring (bicyclic) bond motifs is 1. The molecule has 4 aromatic rings. The highest BCUT2D eigenvalue weighted by Gasteiger charge is 2.35. The summed E-state index contributed by atoms with van der Waals surface area (Å²) in [5, 5.41) is -0.675. The van der Waals surface area contributed by atoms with Crippen molar-refractivity contribution in [2.45, 2.75) is 12.7 Å². The zero-order chi connectivity index (χ0) is 20.6. The first-order chi connectivity index (χ1) is 13.8. The highest BCUT2D eigenvalue weighted by Crippen LogP contribution is 2.35. The minimum Gasteiger partial charge on any atom is -0.273 e. The number of nitrogens with one attached hydrogen (secondary N) is 1.